The number of ether oxygens (including phenoxy) is 1. The van der Waals surface area contributed by atoms with Crippen molar-refractivity contribution in [2.45, 2.75) is 45.4 Å². The number of carbonyl (C=O) groups excluding carboxylic acids is 2. The third-order valence-electron chi connectivity index (χ3n) is 4.21. The summed E-state index contributed by atoms with van der Waals surface area (Å²) in [7, 11) is 0. The summed E-state index contributed by atoms with van der Waals surface area (Å²) in [6, 6.07) is 6.79. The van der Waals surface area contributed by atoms with Crippen molar-refractivity contribution in [2.24, 2.45) is 0 Å². The Hall–Kier alpha value is -2.61. The van der Waals surface area contributed by atoms with Gasteiger partial charge in [0.25, 0.3) is 5.91 Å². The SMILES string of the molecule is CC1CN(C(=O)c2ccc(CNC(=O)NCCCC(=O)O)cc2)CC(C)O1. The first kappa shape index (κ1) is 20.7. The normalized spacial score (nSPS) is 19.4. The molecule has 3 N–H and O–H groups in total. The van der Waals surface area contributed by atoms with Crippen LogP contribution in [0.15, 0.2) is 24.3 Å². The van der Waals surface area contributed by atoms with E-state index in [0.717, 1.165) is 5.56 Å². The highest BCUT2D eigenvalue weighted by Crippen LogP contribution is 2.15. The van der Waals surface area contributed by atoms with Crippen molar-refractivity contribution >= 4 is 17.9 Å². The van der Waals surface area contributed by atoms with E-state index in [1.54, 1.807) is 17.0 Å². The monoisotopic (exact) mass is 377 g/mol. The van der Waals surface area contributed by atoms with Crippen molar-refractivity contribution in [1.29, 1.82) is 0 Å². The fourth-order valence-electron chi connectivity index (χ4n) is 2.98. The van der Waals surface area contributed by atoms with Crippen LogP contribution in [-0.2, 0) is 16.1 Å². The van der Waals surface area contributed by atoms with E-state index in [2.05, 4.69) is 10.6 Å². The van der Waals surface area contributed by atoms with E-state index in [1.807, 2.05) is 26.0 Å². The van der Waals surface area contributed by atoms with Gasteiger partial charge in [-0.15, -0.1) is 0 Å². The first-order valence-electron chi connectivity index (χ1n) is 9.12. The molecule has 0 bridgehead atoms. The zero-order chi connectivity index (χ0) is 19.8. The Labute approximate surface area is 158 Å². The van der Waals surface area contributed by atoms with E-state index in [4.69, 9.17) is 9.84 Å². The van der Waals surface area contributed by atoms with E-state index >= 15 is 0 Å². The van der Waals surface area contributed by atoms with Gasteiger partial charge in [-0.1, -0.05) is 12.1 Å². The maximum atomic E-state index is 12.6. The summed E-state index contributed by atoms with van der Waals surface area (Å²) >= 11 is 0. The van der Waals surface area contributed by atoms with Crippen molar-refractivity contribution in [2.75, 3.05) is 19.6 Å². The molecule has 0 saturated carbocycles. The van der Waals surface area contributed by atoms with Gasteiger partial charge in [-0.3, -0.25) is 9.59 Å². The summed E-state index contributed by atoms with van der Waals surface area (Å²) in [6.07, 6.45) is 0.458. The molecule has 2 atom stereocenters. The number of nitrogens with zero attached hydrogens (tertiary/aromatic N) is 1. The fourth-order valence-corrected chi connectivity index (χ4v) is 2.98. The van der Waals surface area contributed by atoms with Gasteiger partial charge in [-0.05, 0) is 38.0 Å². The molecule has 0 spiro atoms. The second-order valence-corrected chi connectivity index (χ2v) is 6.77. The van der Waals surface area contributed by atoms with Crippen molar-refractivity contribution in [3.63, 3.8) is 0 Å². The number of carboxylic acid groups (broad SMARTS) is 1. The zero-order valence-electron chi connectivity index (χ0n) is 15.7. The number of carbonyl (C=O) groups is 3. The predicted molar refractivity (Wildman–Crippen MR) is 99.5 cm³/mol. The third kappa shape index (κ3) is 6.90. The molecule has 1 heterocycles. The summed E-state index contributed by atoms with van der Waals surface area (Å²) < 4.78 is 5.65. The van der Waals surface area contributed by atoms with Crippen LogP contribution in [-0.4, -0.2) is 59.8 Å². The maximum absolute atomic E-state index is 12.6. The number of morpholine rings is 1. The van der Waals surface area contributed by atoms with E-state index in [1.165, 1.54) is 0 Å². The van der Waals surface area contributed by atoms with Crippen molar-refractivity contribution in [1.82, 2.24) is 15.5 Å². The molecule has 3 amide bonds. The molecule has 0 aromatic heterocycles. The van der Waals surface area contributed by atoms with Gasteiger partial charge in [-0.25, -0.2) is 4.79 Å². The van der Waals surface area contributed by atoms with E-state index in [-0.39, 0.29) is 30.6 Å². The minimum absolute atomic E-state index is 0.0207. The molecule has 1 aromatic rings. The Morgan fingerprint density at radius 2 is 1.74 bits per heavy atom. The molecule has 1 aliphatic rings. The van der Waals surface area contributed by atoms with Crippen LogP contribution < -0.4 is 10.6 Å². The number of amides is 3. The number of hydrogen-bond donors (Lipinski definition) is 3. The van der Waals surface area contributed by atoms with Gasteiger partial charge in [0.1, 0.15) is 0 Å². The van der Waals surface area contributed by atoms with E-state index < -0.39 is 5.97 Å². The lowest BCUT2D eigenvalue weighted by Gasteiger charge is -2.35. The number of rotatable bonds is 7. The van der Waals surface area contributed by atoms with Crippen LogP contribution in [0.25, 0.3) is 0 Å². The maximum Gasteiger partial charge on any atom is 0.315 e. The van der Waals surface area contributed by atoms with Crippen LogP contribution in [0.2, 0.25) is 0 Å². The quantitative estimate of drug-likeness (QED) is 0.626. The van der Waals surface area contributed by atoms with Crippen LogP contribution in [0.4, 0.5) is 4.79 Å². The summed E-state index contributed by atoms with van der Waals surface area (Å²) in [5.74, 6) is -0.902. The van der Waals surface area contributed by atoms with Crippen LogP contribution in [0.3, 0.4) is 0 Å². The first-order valence-corrected chi connectivity index (χ1v) is 9.12. The number of aliphatic carboxylic acids is 1. The smallest absolute Gasteiger partial charge is 0.315 e. The largest absolute Gasteiger partial charge is 0.481 e. The second kappa shape index (κ2) is 9.91. The number of benzene rings is 1. The topological polar surface area (TPSA) is 108 Å². The Balaban J connectivity index is 1.78. The standard InChI is InChI=1S/C19H27N3O5/c1-13-11-22(12-14(2)27-13)18(25)16-7-5-15(6-8-16)10-21-19(26)20-9-3-4-17(23)24/h5-8,13-14H,3-4,9-12H2,1-2H3,(H,23,24)(H2,20,21,26). The molecule has 8 heteroatoms. The third-order valence-corrected chi connectivity index (χ3v) is 4.21. The molecule has 2 unspecified atom stereocenters. The zero-order valence-corrected chi connectivity index (χ0v) is 15.7. The average molecular weight is 377 g/mol. The molecule has 0 radical (unpaired) electrons. The van der Waals surface area contributed by atoms with Gasteiger partial charge < -0.3 is 25.4 Å². The highest BCUT2D eigenvalue weighted by Gasteiger charge is 2.26. The molecule has 27 heavy (non-hydrogen) atoms. The molecular formula is C19H27N3O5. The highest BCUT2D eigenvalue weighted by atomic mass is 16.5. The van der Waals surface area contributed by atoms with Crippen molar-refractivity contribution in [3.05, 3.63) is 35.4 Å². The molecule has 1 aromatic carbocycles. The van der Waals surface area contributed by atoms with E-state index in [0.29, 0.717) is 38.2 Å². The number of nitrogens with one attached hydrogen (secondary N) is 2. The second-order valence-electron chi connectivity index (χ2n) is 6.77. The molecule has 1 saturated heterocycles. The van der Waals surface area contributed by atoms with Crippen molar-refractivity contribution in [3.8, 4) is 0 Å². The summed E-state index contributed by atoms with van der Waals surface area (Å²) in [5, 5.41) is 13.8. The number of carboxylic acids is 1. The first-order chi connectivity index (χ1) is 12.8. The average Bonchev–Trinajstić information content (AvgIpc) is 2.62. The number of urea groups is 1. The van der Waals surface area contributed by atoms with Gasteiger partial charge in [0.05, 0.1) is 12.2 Å². The summed E-state index contributed by atoms with van der Waals surface area (Å²) in [5.41, 5.74) is 1.48. The van der Waals surface area contributed by atoms with Gasteiger partial charge >= 0.3 is 12.0 Å². The van der Waals surface area contributed by atoms with Crippen molar-refractivity contribution < 1.29 is 24.2 Å². The van der Waals surface area contributed by atoms with Gasteiger partial charge in [-0.2, -0.15) is 0 Å². The van der Waals surface area contributed by atoms with Crippen LogP contribution in [0, 0.1) is 0 Å². The number of hydrogen-bond acceptors (Lipinski definition) is 4. The minimum Gasteiger partial charge on any atom is -0.481 e. The van der Waals surface area contributed by atoms with Gasteiger partial charge in [0.15, 0.2) is 0 Å². The molecule has 0 aliphatic carbocycles. The Morgan fingerprint density at radius 1 is 1.11 bits per heavy atom. The van der Waals surface area contributed by atoms with Crippen LogP contribution in [0.1, 0.15) is 42.6 Å². The molecule has 1 aliphatic heterocycles. The van der Waals surface area contributed by atoms with Crippen LogP contribution >= 0.6 is 0 Å². The predicted octanol–water partition coefficient (Wildman–Crippen LogP) is 1.60. The Bertz CT molecular complexity index is 652. The Morgan fingerprint density at radius 3 is 2.33 bits per heavy atom. The highest BCUT2D eigenvalue weighted by molar-refractivity contribution is 5.94. The van der Waals surface area contributed by atoms with Crippen LogP contribution in [0.5, 0.6) is 0 Å². The molecule has 8 nitrogen and oxygen atoms in total. The summed E-state index contributed by atoms with van der Waals surface area (Å²) in [4.78, 5) is 36.5. The molecular weight excluding hydrogens is 350 g/mol. The fraction of sp³-hybridized carbons (Fsp3) is 0.526. The summed E-state index contributed by atoms with van der Waals surface area (Å²) in [6.45, 7) is 5.70. The lowest BCUT2D eigenvalue weighted by Crippen LogP contribution is -2.48. The lowest BCUT2D eigenvalue weighted by atomic mass is 10.1. The van der Waals surface area contributed by atoms with Gasteiger partial charge in [0, 0.05) is 38.2 Å². The lowest BCUT2D eigenvalue weighted by molar-refractivity contribution is -0.137. The molecule has 1 fully saturated rings. The Kier molecular flexibility index (Phi) is 7.60. The minimum atomic E-state index is -0.882. The van der Waals surface area contributed by atoms with Gasteiger partial charge in [0.2, 0.25) is 0 Å². The molecule has 2 rings (SSSR count). The van der Waals surface area contributed by atoms with E-state index in [9.17, 15) is 14.4 Å². The molecule has 148 valence electrons.